The van der Waals surface area contributed by atoms with Crippen molar-refractivity contribution in [3.63, 3.8) is 0 Å². The maximum atomic E-state index is 13.8. The van der Waals surface area contributed by atoms with Gasteiger partial charge in [0.2, 0.25) is 23.6 Å². The van der Waals surface area contributed by atoms with Gasteiger partial charge in [-0.05, 0) is 19.3 Å². The van der Waals surface area contributed by atoms with Crippen LogP contribution in [0, 0.1) is 0 Å². The molecule has 45 heteroatoms. The molecule has 14 unspecified atom stereocenters. The summed E-state index contributed by atoms with van der Waals surface area (Å²) in [5, 5.41) is 259. The third-order valence-electron chi connectivity index (χ3n) is 26.7. The Hall–Kier alpha value is -4.31. The van der Waals surface area contributed by atoms with Crippen molar-refractivity contribution in [1.82, 2.24) is 21.3 Å². The lowest BCUT2D eigenvalue weighted by Crippen LogP contribution is -2.71. The molecule has 7 heterocycles. The van der Waals surface area contributed by atoms with Crippen molar-refractivity contribution < 1.29 is 203 Å². The molecule has 0 spiro atoms. The van der Waals surface area contributed by atoms with E-state index in [0.717, 1.165) is 85.0 Å². The van der Waals surface area contributed by atoms with Crippen LogP contribution in [0.3, 0.4) is 0 Å². The first-order valence-electron chi connectivity index (χ1n) is 50.1. The molecule has 0 aromatic carbocycles. The summed E-state index contributed by atoms with van der Waals surface area (Å²) >= 11 is 0. The minimum absolute atomic E-state index is 0.108. The Labute approximate surface area is 807 Å². The largest absolute Gasteiger partial charge is 0.477 e. The summed E-state index contributed by atoms with van der Waals surface area (Å²) in [5.41, 5.74) is 0. The van der Waals surface area contributed by atoms with Crippen LogP contribution in [0.15, 0.2) is 12.2 Å². The summed E-state index contributed by atoms with van der Waals surface area (Å²) in [5.74, 6) is -8.38. The van der Waals surface area contributed by atoms with E-state index in [2.05, 4.69) is 35.1 Å². The van der Waals surface area contributed by atoms with E-state index in [0.29, 0.717) is 12.8 Å². The molecule has 7 aliphatic rings. The van der Waals surface area contributed by atoms with Gasteiger partial charge in [0, 0.05) is 33.6 Å². The number of allylic oxidation sites excluding steroid dienone is 1. The second-order valence-electron chi connectivity index (χ2n) is 37.8. The van der Waals surface area contributed by atoms with E-state index in [4.69, 9.17) is 66.3 Å². The zero-order chi connectivity index (χ0) is 101. The fraction of sp³-hybridized carbons (Fsp3) is 0.925. The second kappa shape index (κ2) is 63.3. The van der Waals surface area contributed by atoms with Gasteiger partial charge >= 0.3 is 5.97 Å². The van der Waals surface area contributed by atoms with Crippen molar-refractivity contribution in [3.8, 4) is 0 Å². The van der Waals surface area contributed by atoms with Gasteiger partial charge in [-0.3, -0.25) is 19.2 Å². The number of hydrogen-bond acceptors (Lipinski definition) is 40. The number of carbonyl (C=O) groups is 5. The lowest BCUT2D eigenvalue weighted by atomic mass is 9.88. The Bertz CT molecular complexity index is 3410. The molecule has 0 aromatic rings. The Morgan fingerprint density at radius 3 is 1.20 bits per heavy atom. The SMILES string of the molecule is CCCCCCCCCCCCC/C=C/[C@@H](O)[C@H](CO[C@@H]1OC(CO)[C@@H](O[C@@H]2OC(CO[C@@H]3OC(CO)[C@@H](O[C@@H]4OC(CO)[C@H](O)[C@H](O[C@]5(C(=O)O)CC(O)[C@@H](NC(C)=O)C([C@H](O)[C@H](O)CO)O5)C4O)[C@H](O)C3NC(C)=O)[C@H](O)[C@H](O[C@H]3OC(CO)[C@H](O)[C@H](O[C@@H]4OC(CO)[C@H](O)[C@H](O)C4NC(C)=O)C3O)C2O)[C@H](O)C1O)NC(=O)CCCCCCCCCCCCCCCCCCCCCCC. The molecule has 0 aliphatic carbocycles. The average Bonchev–Trinajstić information content (AvgIpc) is 0.793. The summed E-state index contributed by atoms with van der Waals surface area (Å²) in [6.45, 7) is -0.921. The minimum Gasteiger partial charge on any atom is -0.477 e. The molecule has 7 rings (SSSR count). The van der Waals surface area contributed by atoms with Crippen LogP contribution >= 0.6 is 0 Å². The molecule has 38 atom stereocenters. The molecule has 7 aliphatic heterocycles. The summed E-state index contributed by atoms with van der Waals surface area (Å²) in [6.07, 6.45) is -28.7. The number of carboxylic acid groups (broad SMARTS) is 1. The minimum atomic E-state index is -3.26. The number of carbonyl (C=O) groups excluding carboxylic acids is 4. The maximum Gasteiger partial charge on any atom is 0.364 e. The van der Waals surface area contributed by atoms with Crippen molar-refractivity contribution in [2.75, 3.05) is 52.9 Å². The van der Waals surface area contributed by atoms with Gasteiger partial charge in [-0.1, -0.05) is 219 Å². The molecule has 804 valence electrons. The van der Waals surface area contributed by atoms with Gasteiger partial charge in [0.05, 0.1) is 77.1 Å². The van der Waals surface area contributed by atoms with Crippen molar-refractivity contribution in [3.05, 3.63) is 12.2 Å². The number of aliphatic hydroxyl groups is 21. The molecule has 26 N–H and O–H groups in total. The van der Waals surface area contributed by atoms with E-state index in [1.54, 1.807) is 6.08 Å². The first-order valence-corrected chi connectivity index (χ1v) is 50.1. The van der Waals surface area contributed by atoms with Gasteiger partial charge in [-0.15, -0.1) is 0 Å². The van der Waals surface area contributed by atoms with E-state index in [9.17, 15) is 136 Å². The average molecular weight is 2000 g/mol. The Morgan fingerprint density at radius 2 is 0.754 bits per heavy atom. The van der Waals surface area contributed by atoms with Gasteiger partial charge in [0.25, 0.3) is 5.79 Å². The number of unbranched alkanes of at least 4 members (excludes halogenated alkanes) is 31. The summed E-state index contributed by atoms with van der Waals surface area (Å²) in [4.78, 5) is 65.0. The lowest BCUT2D eigenvalue weighted by molar-refractivity contribution is -0.392. The topological polar surface area (TPSA) is 708 Å². The molecular formula is C93H166N4O41. The molecule has 0 bridgehead atoms. The number of amides is 4. The summed E-state index contributed by atoms with van der Waals surface area (Å²) in [6, 6.07) is -6.51. The van der Waals surface area contributed by atoms with Crippen molar-refractivity contribution >= 4 is 29.6 Å². The van der Waals surface area contributed by atoms with Crippen LogP contribution in [0.2, 0.25) is 0 Å². The predicted octanol–water partition coefficient (Wildman–Crippen LogP) is -2.91. The number of hydrogen-bond donors (Lipinski definition) is 26. The van der Waals surface area contributed by atoms with Gasteiger partial charge in [0.1, 0.15) is 165 Å². The molecule has 45 nitrogen and oxygen atoms in total. The van der Waals surface area contributed by atoms with Crippen molar-refractivity contribution in [2.24, 2.45) is 0 Å². The molecule has 0 aromatic heterocycles. The number of rotatable bonds is 65. The van der Waals surface area contributed by atoms with Gasteiger partial charge in [0.15, 0.2) is 37.7 Å². The maximum absolute atomic E-state index is 13.8. The molecule has 138 heavy (non-hydrogen) atoms. The zero-order valence-corrected chi connectivity index (χ0v) is 80.5. The highest BCUT2D eigenvalue weighted by Crippen LogP contribution is 2.41. The van der Waals surface area contributed by atoms with E-state index in [-0.39, 0.29) is 6.42 Å². The normalized spacial score (nSPS) is 36.2. The number of ether oxygens (including phenoxy) is 14. The van der Waals surface area contributed by atoms with E-state index >= 15 is 0 Å². The molecule has 7 fully saturated rings. The Kier molecular flexibility index (Phi) is 55.3. The van der Waals surface area contributed by atoms with Gasteiger partial charge in [-0.25, -0.2) is 4.79 Å². The number of carboxylic acids is 1. The summed E-state index contributed by atoms with van der Waals surface area (Å²) < 4.78 is 83.7. The molecular weight excluding hydrogens is 1830 g/mol. The smallest absolute Gasteiger partial charge is 0.364 e. The third kappa shape index (κ3) is 36.4. The van der Waals surface area contributed by atoms with Crippen LogP contribution in [0.4, 0.5) is 0 Å². The number of aliphatic carboxylic acids is 1. The first-order chi connectivity index (χ1) is 66.1. The Morgan fingerprint density at radius 1 is 0.384 bits per heavy atom. The number of aliphatic hydroxyl groups excluding tert-OH is 21. The highest BCUT2D eigenvalue weighted by Gasteiger charge is 2.62. The molecule has 0 saturated carbocycles. The van der Waals surface area contributed by atoms with Crippen LogP contribution in [0.1, 0.15) is 259 Å². The van der Waals surface area contributed by atoms with E-state index in [1.165, 1.54) is 141 Å². The molecule has 7 saturated heterocycles. The number of nitrogens with one attached hydrogen (secondary N) is 4. The molecule has 4 amide bonds. The highest BCUT2D eigenvalue weighted by molar-refractivity contribution is 5.77. The Balaban J connectivity index is 1.09. The zero-order valence-electron chi connectivity index (χ0n) is 80.5. The standard InChI is InChI=1S/C93H166N4O41/c1-6-8-10-12-14-16-18-20-21-22-23-24-25-26-27-29-31-33-35-37-39-41-64(110)97-54(55(107)40-38-36-34-32-30-28-19-17-15-13-11-9-7-2)49-125-88-76(119)75(118)81(62(48-103)131-88)134-90-78(121)84(136-89-77(120)83(70(113)59(45-100)128-89)135-87-66(95-52(4)105)73(116)69(112)58(44-99)127-87)72(115)63(132-90)50-126-86-67(96-53(5)106)74(117)80(61(47-102)130-86)133-91-79(122)85(71(114)60(46-101)129-91)138-93(92(123)124)42-56(108)65(94-51(3)104)82(137-93)68(111)57(109)43-98/h38,40,54-63,65-91,98-103,107-109,111-122H,6-37,39,41-50H2,1-5H3,(H,94,104)(H,95,105)(H,96,106)(H,97,110)(H,123,124)/b40-38+/t54-,55+,56?,57+,58?,59?,60?,61?,62?,63?,65+,66?,67?,68+,69-,70-,71-,72-,73+,74+,75+,76?,77?,78?,79?,80+,81+,82?,83-,84-,85-,86+,87-,88+,89+,90-,91-,93-/m0/s1. The van der Waals surface area contributed by atoms with Crippen LogP contribution in [-0.4, -0.2) is 427 Å². The fourth-order valence-electron chi connectivity index (χ4n) is 18.6. The lowest BCUT2D eigenvalue weighted by Gasteiger charge is -2.51. The van der Waals surface area contributed by atoms with Crippen LogP contribution in [-0.2, 0) is 90.3 Å². The van der Waals surface area contributed by atoms with Crippen LogP contribution in [0.5, 0.6) is 0 Å². The van der Waals surface area contributed by atoms with Gasteiger partial charge < -0.3 is 200 Å². The van der Waals surface area contributed by atoms with Crippen LogP contribution < -0.4 is 21.3 Å². The van der Waals surface area contributed by atoms with E-state index in [1.807, 2.05) is 0 Å². The third-order valence-corrected chi connectivity index (χ3v) is 26.7. The monoisotopic (exact) mass is 2000 g/mol. The first kappa shape index (κ1) is 121. The van der Waals surface area contributed by atoms with Gasteiger partial charge in [-0.2, -0.15) is 0 Å². The predicted molar refractivity (Wildman–Crippen MR) is 483 cm³/mol. The van der Waals surface area contributed by atoms with Crippen molar-refractivity contribution in [2.45, 2.75) is 492 Å². The quantitative estimate of drug-likeness (QED) is 0.0214. The van der Waals surface area contributed by atoms with E-state index < -0.39 is 321 Å². The molecule has 0 radical (unpaired) electrons. The van der Waals surface area contributed by atoms with Crippen LogP contribution in [0.25, 0.3) is 0 Å². The second-order valence-corrected chi connectivity index (χ2v) is 37.8. The highest BCUT2D eigenvalue weighted by atomic mass is 16.8. The fourth-order valence-corrected chi connectivity index (χ4v) is 18.6. The summed E-state index contributed by atoms with van der Waals surface area (Å²) in [7, 11) is 0. The van der Waals surface area contributed by atoms with Crippen molar-refractivity contribution in [1.29, 1.82) is 0 Å².